The van der Waals surface area contributed by atoms with Crippen molar-refractivity contribution in [1.29, 1.82) is 0 Å². The van der Waals surface area contributed by atoms with Crippen LogP contribution in [0.3, 0.4) is 0 Å². The van der Waals surface area contributed by atoms with Crippen molar-refractivity contribution in [3.63, 3.8) is 0 Å². The van der Waals surface area contributed by atoms with E-state index in [1.54, 1.807) is 0 Å². The first-order chi connectivity index (χ1) is 9.16. The maximum absolute atomic E-state index is 4.04. The lowest BCUT2D eigenvalue weighted by Gasteiger charge is -2.17. The normalized spacial score (nSPS) is 12.4. The van der Waals surface area contributed by atoms with Gasteiger partial charge in [0.05, 0.1) is 0 Å². The molecule has 1 aromatic heterocycles. The first-order valence-electron chi connectivity index (χ1n) is 6.86. The summed E-state index contributed by atoms with van der Waals surface area (Å²) < 4.78 is 0. The van der Waals surface area contributed by atoms with E-state index in [9.17, 15) is 0 Å². The van der Waals surface area contributed by atoms with Crippen molar-refractivity contribution in [3.05, 3.63) is 65.0 Å². The van der Waals surface area contributed by atoms with Crippen molar-refractivity contribution < 1.29 is 0 Å². The maximum Gasteiger partial charge on any atom is 0.0294 e. The first-order valence-corrected chi connectivity index (χ1v) is 6.86. The van der Waals surface area contributed by atoms with Crippen LogP contribution in [0.15, 0.2) is 42.7 Å². The van der Waals surface area contributed by atoms with Gasteiger partial charge < -0.3 is 5.32 Å². The second-order valence-corrected chi connectivity index (χ2v) is 5.14. The van der Waals surface area contributed by atoms with Gasteiger partial charge >= 0.3 is 0 Å². The molecule has 1 atom stereocenters. The second kappa shape index (κ2) is 6.48. The summed E-state index contributed by atoms with van der Waals surface area (Å²) >= 11 is 0. The average Bonchev–Trinajstić information content (AvgIpc) is 2.42. The highest BCUT2D eigenvalue weighted by atomic mass is 14.9. The van der Waals surface area contributed by atoms with E-state index in [0.717, 1.165) is 13.0 Å². The van der Waals surface area contributed by atoms with Crippen LogP contribution in [0.4, 0.5) is 0 Å². The zero-order valence-electron chi connectivity index (χ0n) is 12.0. The molecular weight excluding hydrogens is 232 g/mol. The third kappa shape index (κ3) is 3.90. The summed E-state index contributed by atoms with van der Waals surface area (Å²) in [5, 5.41) is 3.60. The molecule has 0 saturated carbocycles. The van der Waals surface area contributed by atoms with Crippen molar-refractivity contribution in [2.45, 2.75) is 33.2 Å². The Labute approximate surface area is 115 Å². The quantitative estimate of drug-likeness (QED) is 0.882. The van der Waals surface area contributed by atoms with Crippen LogP contribution in [0.25, 0.3) is 0 Å². The fraction of sp³-hybridized carbons (Fsp3) is 0.353. The number of rotatable bonds is 5. The molecule has 2 nitrogen and oxygen atoms in total. The van der Waals surface area contributed by atoms with Gasteiger partial charge in [-0.2, -0.15) is 0 Å². The van der Waals surface area contributed by atoms with E-state index in [4.69, 9.17) is 0 Å². The number of hydrogen-bond donors (Lipinski definition) is 1. The zero-order chi connectivity index (χ0) is 13.7. The fourth-order valence-corrected chi connectivity index (χ4v) is 2.32. The Kier molecular flexibility index (Phi) is 4.69. The summed E-state index contributed by atoms with van der Waals surface area (Å²) in [7, 11) is 0. The molecule has 2 rings (SSSR count). The SMILES string of the molecule is Cc1ccc(C)c(C(C)NCCc2ccncc2)c1. The van der Waals surface area contributed by atoms with Crippen LogP contribution >= 0.6 is 0 Å². The van der Waals surface area contributed by atoms with Crippen LogP contribution in [-0.4, -0.2) is 11.5 Å². The molecule has 0 aliphatic carbocycles. The molecule has 1 unspecified atom stereocenters. The lowest BCUT2D eigenvalue weighted by molar-refractivity contribution is 0.574. The van der Waals surface area contributed by atoms with Gasteiger partial charge in [-0.15, -0.1) is 0 Å². The molecular formula is C17H22N2. The third-order valence-electron chi connectivity index (χ3n) is 3.51. The molecule has 0 aliphatic heterocycles. The molecule has 2 aromatic rings. The maximum atomic E-state index is 4.04. The van der Waals surface area contributed by atoms with E-state index < -0.39 is 0 Å². The van der Waals surface area contributed by atoms with Crippen molar-refractivity contribution in [2.75, 3.05) is 6.54 Å². The van der Waals surface area contributed by atoms with Crippen molar-refractivity contribution in [3.8, 4) is 0 Å². The Morgan fingerprint density at radius 3 is 2.58 bits per heavy atom. The molecule has 0 bridgehead atoms. The van der Waals surface area contributed by atoms with Gasteiger partial charge in [-0.1, -0.05) is 23.8 Å². The topological polar surface area (TPSA) is 24.9 Å². The molecule has 100 valence electrons. The summed E-state index contributed by atoms with van der Waals surface area (Å²) in [5.41, 5.74) is 5.41. The predicted octanol–water partition coefficient (Wildman–Crippen LogP) is 3.59. The summed E-state index contributed by atoms with van der Waals surface area (Å²) in [5.74, 6) is 0. The Morgan fingerprint density at radius 1 is 1.11 bits per heavy atom. The van der Waals surface area contributed by atoms with Gasteiger partial charge in [0.1, 0.15) is 0 Å². The molecule has 0 radical (unpaired) electrons. The van der Waals surface area contributed by atoms with Crippen molar-refractivity contribution >= 4 is 0 Å². The summed E-state index contributed by atoms with van der Waals surface area (Å²) in [6.45, 7) is 7.54. The Bertz CT molecular complexity index is 520. The average molecular weight is 254 g/mol. The summed E-state index contributed by atoms with van der Waals surface area (Å²) in [6, 6.07) is 11.2. The van der Waals surface area contributed by atoms with Crippen LogP contribution in [0.1, 0.15) is 35.2 Å². The van der Waals surface area contributed by atoms with Gasteiger partial charge in [-0.3, -0.25) is 4.98 Å². The second-order valence-electron chi connectivity index (χ2n) is 5.14. The molecule has 1 heterocycles. The minimum absolute atomic E-state index is 0.390. The van der Waals surface area contributed by atoms with E-state index in [1.165, 1.54) is 22.3 Å². The third-order valence-corrected chi connectivity index (χ3v) is 3.51. The van der Waals surface area contributed by atoms with Gasteiger partial charge in [0.25, 0.3) is 0 Å². The number of aromatic nitrogens is 1. The molecule has 19 heavy (non-hydrogen) atoms. The monoisotopic (exact) mass is 254 g/mol. The largest absolute Gasteiger partial charge is 0.310 e. The number of hydrogen-bond acceptors (Lipinski definition) is 2. The van der Waals surface area contributed by atoms with E-state index in [2.05, 4.69) is 61.4 Å². The number of nitrogens with zero attached hydrogens (tertiary/aromatic N) is 1. The molecule has 0 fully saturated rings. The first kappa shape index (κ1) is 13.8. The predicted molar refractivity (Wildman–Crippen MR) is 80.3 cm³/mol. The van der Waals surface area contributed by atoms with Crippen molar-refractivity contribution in [2.24, 2.45) is 0 Å². The van der Waals surface area contributed by atoms with E-state index in [0.29, 0.717) is 6.04 Å². The standard InChI is InChI=1S/C17H22N2/c1-13-4-5-14(2)17(12-13)15(3)19-11-8-16-6-9-18-10-7-16/h4-7,9-10,12,15,19H,8,11H2,1-3H3. The van der Waals surface area contributed by atoms with Gasteiger partial charge in [0, 0.05) is 18.4 Å². The van der Waals surface area contributed by atoms with Crippen molar-refractivity contribution in [1.82, 2.24) is 10.3 Å². The van der Waals surface area contributed by atoms with Gasteiger partial charge in [-0.05, 0) is 62.6 Å². The molecule has 0 saturated heterocycles. The molecule has 1 N–H and O–H groups in total. The smallest absolute Gasteiger partial charge is 0.0294 e. The van der Waals surface area contributed by atoms with Crippen LogP contribution < -0.4 is 5.32 Å². The number of pyridine rings is 1. The van der Waals surface area contributed by atoms with Crippen LogP contribution in [0.5, 0.6) is 0 Å². The molecule has 0 amide bonds. The Morgan fingerprint density at radius 2 is 1.84 bits per heavy atom. The van der Waals surface area contributed by atoms with Gasteiger partial charge in [0.15, 0.2) is 0 Å². The minimum Gasteiger partial charge on any atom is -0.310 e. The van der Waals surface area contributed by atoms with E-state index in [1.807, 2.05) is 12.4 Å². The fourth-order valence-electron chi connectivity index (χ4n) is 2.32. The van der Waals surface area contributed by atoms with Gasteiger partial charge in [-0.25, -0.2) is 0 Å². The Balaban J connectivity index is 1.91. The van der Waals surface area contributed by atoms with Crippen LogP contribution in [-0.2, 0) is 6.42 Å². The lowest BCUT2D eigenvalue weighted by Crippen LogP contribution is -2.22. The molecule has 0 spiro atoms. The van der Waals surface area contributed by atoms with Crippen LogP contribution in [0.2, 0.25) is 0 Å². The minimum atomic E-state index is 0.390. The van der Waals surface area contributed by atoms with Crippen LogP contribution in [0, 0.1) is 13.8 Å². The highest BCUT2D eigenvalue weighted by molar-refractivity contribution is 5.32. The number of aryl methyl sites for hydroxylation is 2. The highest BCUT2D eigenvalue weighted by Crippen LogP contribution is 2.18. The molecule has 2 heteroatoms. The summed E-state index contributed by atoms with van der Waals surface area (Å²) in [4.78, 5) is 4.04. The van der Waals surface area contributed by atoms with Gasteiger partial charge in [0.2, 0.25) is 0 Å². The number of benzene rings is 1. The highest BCUT2D eigenvalue weighted by Gasteiger charge is 2.07. The summed E-state index contributed by atoms with van der Waals surface area (Å²) in [6.07, 6.45) is 4.74. The van der Waals surface area contributed by atoms with E-state index >= 15 is 0 Å². The number of nitrogens with one attached hydrogen (secondary N) is 1. The van der Waals surface area contributed by atoms with E-state index in [-0.39, 0.29) is 0 Å². The lowest BCUT2D eigenvalue weighted by atomic mass is 10.00. The zero-order valence-corrected chi connectivity index (χ0v) is 12.0. The molecule has 0 aliphatic rings. The Hall–Kier alpha value is -1.67. The molecule has 1 aromatic carbocycles.